The molecule has 0 spiro atoms. The lowest BCUT2D eigenvalue weighted by molar-refractivity contribution is -0.112. The van der Waals surface area contributed by atoms with E-state index in [2.05, 4.69) is 16.1 Å². The number of aliphatic imine (C=N–C) groups is 2. The van der Waals surface area contributed by atoms with Crippen LogP contribution in [0.25, 0.3) is 0 Å². The minimum atomic E-state index is 0.0960. The van der Waals surface area contributed by atoms with Crippen LogP contribution in [0.2, 0.25) is 0 Å². The number of nitrogens with zero attached hydrogens (tertiary/aromatic N) is 3. The maximum Gasteiger partial charge on any atom is 0.226 e. The van der Waals surface area contributed by atoms with Crippen molar-refractivity contribution >= 4 is 17.5 Å². The van der Waals surface area contributed by atoms with Gasteiger partial charge in [-0.3, -0.25) is 4.79 Å². The second-order valence-electron chi connectivity index (χ2n) is 4.88. The molecule has 0 saturated heterocycles. The zero-order chi connectivity index (χ0) is 12.9. The molecule has 0 aromatic carbocycles. The molecule has 0 aromatic heterocycles. The monoisotopic (exact) mass is 241 g/mol. The van der Waals surface area contributed by atoms with Gasteiger partial charge in [0.05, 0.1) is 0 Å². The number of fused-ring (bicyclic) bond motifs is 3. The van der Waals surface area contributed by atoms with Crippen molar-refractivity contribution in [1.29, 1.82) is 0 Å². The molecular weight excluding hydrogens is 226 g/mol. The molecule has 92 valence electrons. The van der Waals surface area contributed by atoms with Gasteiger partial charge in [-0.15, -0.1) is 0 Å². The summed E-state index contributed by atoms with van der Waals surface area (Å²) in [6.45, 7) is 1.83. The first kappa shape index (κ1) is 11.1. The molecule has 3 aliphatic rings. The Morgan fingerprint density at radius 2 is 1.78 bits per heavy atom. The average Bonchev–Trinajstić information content (AvgIpc) is 2.81. The molecule has 0 N–H and O–H groups in total. The summed E-state index contributed by atoms with van der Waals surface area (Å²) in [5, 5.41) is 0. The van der Waals surface area contributed by atoms with Crippen LogP contribution in [0.5, 0.6) is 0 Å². The van der Waals surface area contributed by atoms with Gasteiger partial charge in [0.25, 0.3) is 0 Å². The Morgan fingerprint density at radius 3 is 2.44 bits per heavy atom. The van der Waals surface area contributed by atoms with Crippen LogP contribution in [0.1, 0.15) is 19.8 Å². The maximum atomic E-state index is 12.3. The van der Waals surface area contributed by atoms with E-state index in [1.807, 2.05) is 32.0 Å². The van der Waals surface area contributed by atoms with Crippen LogP contribution in [0.3, 0.4) is 0 Å². The second kappa shape index (κ2) is 3.77. The fourth-order valence-corrected chi connectivity index (χ4v) is 2.40. The average molecular weight is 241 g/mol. The van der Waals surface area contributed by atoms with Gasteiger partial charge in [-0.25, -0.2) is 9.98 Å². The van der Waals surface area contributed by atoms with Gasteiger partial charge in [-0.1, -0.05) is 12.2 Å². The van der Waals surface area contributed by atoms with Crippen LogP contribution >= 0.6 is 0 Å². The van der Waals surface area contributed by atoms with Gasteiger partial charge in [0.15, 0.2) is 5.78 Å². The molecule has 3 rings (SSSR count). The van der Waals surface area contributed by atoms with Crippen molar-refractivity contribution in [3.05, 3.63) is 34.6 Å². The Balaban J connectivity index is 2.20. The van der Waals surface area contributed by atoms with Crippen LogP contribution in [0.15, 0.2) is 44.6 Å². The third-order valence-electron chi connectivity index (χ3n) is 3.40. The summed E-state index contributed by atoms with van der Waals surface area (Å²) in [6, 6.07) is 0. The molecule has 4 nitrogen and oxygen atoms in total. The summed E-state index contributed by atoms with van der Waals surface area (Å²) < 4.78 is 0. The summed E-state index contributed by atoms with van der Waals surface area (Å²) in [5.41, 5.74) is 4.08. The van der Waals surface area contributed by atoms with Crippen LogP contribution in [-0.4, -0.2) is 36.4 Å². The van der Waals surface area contributed by atoms with Crippen molar-refractivity contribution in [3.63, 3.8) is 0 Å². The van der Waals surface area contributed by atoms with Gasteiger partial charge in [0.2, 0.25) is 5.96 Å². The highest BCUT2D eigenvalue weighted by molar-refractivity contribution is 6.34. The largest absolute Gasteiger partial charge is 0.347 e. The number of ketones is 1. The molecule has 0 saturated carbocycles. The SMILES string of the molecule is CC1=C2N=C(N(C)C)N=C2C2=CCCC=C2C1=O. The first-order valence-electron chi connectivity index (χ1n) is 6.11. The predicted octanol–water partition coefficient (Wildman–Crippen LogP) is 1.86. The third kappa shape index (κ3) is 1.41. The highest BCUT2D eigenvalue weighted by Gasteiger charge is 2.35. The first-order chi connectivity index (χ1) is 8.59. The number of hydrogen-bond acceptors (Lipinski definition) is 4. The fraction of sp³-hybridized carbons (Fsp3) is 0.357. The summed E-state index contributed by atoms with van der Waals surface area (Å²) in [7, 11) is 3.81. The minimum absolute atomic E-state index is 0.0960. The molecule has 0 bridgehead atoms. The fourth-order valence-electron chi connectivity index (χ4n) is 2.40. The Kier molecular flexibility index (Phi) is 2.33. The van der Waals surface area contributed by atoms with Gasteiger partial charge in [-0.05, 0) is 19.8 Å². The van der Waals surface area contributed by atoms with E-state index in [1.54, 1.807) is 0 Å². The molecule has 1 heterocycles. The summed E-state index contributed by atoms with van der Waals surface area (Å²) in [6.07, 6.45) is 6.03. The van der Waals surface area contributed by atoms with Crippen molar-refractivity contribution in [3.8, 4) is 0 Å². The lowest BCUT2D eigenvalue weighted by atomic mass is 9.82. The van der Waals surface area contributed by atoms with Gasteiger partial charge in [0, 0.05) is 30.8 Å². The summed E-state index contributed by atoms with van der Waals surface area (Å²) in [5.74, 6) is 0.763. The Bertz CT molecular complexity index is 601. The minimum Gasteiger partial charge on any atom is -0.347 e. The van der Waals surface area contributed by atoms with Gasteiger partial charge < -0.3 is 4.90 Å². The normalized spacial score (nSPS) is 21.8. The number of carbonyl (C=O) groups excluding carboxylic acids is 1. The number of allylic oxidation sites excluding steroid dienone is 5. The number of Topliss-reactive ketones (excluding diaryl/α,β-unsaturated/α-hetero) is 1. The molecule has 2 aliphatic carbocycles. The zero-order valence-electron chi connectivity index (χ0n) is 10.8. The molecule has 0 radical (unpaired) electrons. The zero-order valence-corrected chi connectivity index (χ0v) is 10.8. The predicted molar refractivity (Wildman–Crippen MR) is 71.7 cm³/mol. The number of guanidine groups is 1. The van der Waals surface area contributed by atoms with E-state index in [1.165, 1.54) is 0 Å². The molecule has 1 aliphatic heterocycles. The van der Waals surface area contributed by atoms with E-state index in [4.69, 9.17) is 0 Å². The van der Waals surface area contributed by atoms with E-state index in [0.717, 1.165) is 35.4 Å². The Labute approximate surface area is 106 Å². The lowest BCUT2D eigenvalue weighted by Gasteiger charge is -2.21. The molecule has 0 aromatic rings. The number of rotatable bonds is 0. The van der Waals surface area contributed by atoms with Crippen LogP contribution in [0, 0.1) is 0 Å². The molecule has 0 unspecified atom stereocenters. The number of carbonyl (C=O) groups is 1. The van der Waals surface area contributed by atoms with Crippen molar-refractivity contribution in [2.45, 2.75) is 19.8 Å². The van der Waals surface area contributed by atoms with Crippen molar-refractivity contribution in [2.75, 3.05) is 14.1 Å². The first-order valence-corrected chi connectivity index (χ1v) is 6.11. The standard InChI is InChI=1S/C14H15N3O/c1-8-11-12(16-14(15-11)17(2)3)9-6-4-5-7-10(9)13(8)18/h6-7H,4-5H2,1-3H3. The van der Waals surface area contributed by atoms with Crippen molar-refractivity contribution in [1.82, 2.24) is 4.90 Å². The van der Waals surface area contributed by atoms with Gasteiger partial charge in [0.1, 0.15) is 11.4 Å². The summed E-state index contributed by atoms with van der Waals surface area (Å²) >= 11 is 0. The molecule has 18 heavy (non-hydrogen) atoms. The molecule has 0 amide bonds. The van der Waals surface area contributed by atoms with E-state index in [9.17, 15) is 4.79 Å². The molecule has 4 heteroatoms. The molecular formula is C14H15N3O. The van der Waals surface area contributed by atoms with E-state index >= 15 is 0 Å². The maximum absolute atomic E-state index is 12.3. The van der Waals surface area contributed by atoms with Crippen molar-refractivity contribution < 1.29 is 4.79 Å². The lowest BCUT2D eigenvalue weighted by Crippen LogP contribution is -2.23. The molecule has 0 fully saturated rings. The van der Waals surface area contributed by atoms with Crippen molar-refractivity contribution in [2.24, 2.45) is 9.98 Å². The summed E-state index contributed by atoms with van der Waals surface area (Å²) in [4.78, 5) is 23.2. The quantitative estimate of drug-likeness (QED) is 0.650. The highest BCUT2D eigenvalue weighted by Crippen LogP contribution is 2.35. The third-order valence-corrected chi connectivity index (χ3v) is 3.40. The molecule has 0 atom stereocenters. The van der Waals surface area contributed by atoms with E-state index in [0.29, 0.717) is 11.5 Å². The van der Waals surface area contributed by atoms with Crippen LogP contribution < -0.4 is 0 Å². The number of hydrogen-bond donors (Lipinski definition) is 0. The Hall–Kier alpha value is -1.97. The Morgan fingerprint density at radius 1 is 1.11 bits per heavy atom. The van der Waals surface area contributed by atoms with E-state index in [-0.39, 0.29) is 5.78 Å². The van der Waals surface area contributed by atoms with Gasteiger partial charge >= 0.3 is 0 Å². The van der Waals surface area contributed by atoms with E-state index < -0.39 is 0 Å². The second-order valence-corrected chi connectivity index (χ2v) is 4.88. The topological polar surface area (TPSA) is 45.0 Å². The highest BCUT2D eigenvalue weighted by atomic mass is 16.1. The van der Waals surface area contributed by atoms with Crippen LogP contribution in [0.4, 0.5) is 0 Å². The smallest absolute Gasteiger partial charge is 0.226 e. The van der Waals surface area contributed by atoms with Gasteiger partial charge in [-0.2, -0.15) is 0 Å². The van der Waals surface area contributed by atoms with Crippen LogP contribution in [-0.2, 0) is 4.79 Å².